The number of hydrogen-bond acceptors (Lipinski definition) is 5. The minimum absolute atomic E-state index is 0.0517. The number of halogens is 2. The molecule has 0 aliphatic carbocycles. The molecule has 27 heavy (non-hydrogen) atoms. The van der Waals surface area contributed by atoms with Gasteiger partial charge in [0, 0.05) is 29.2 Å². The monoisotopic (exact) mass is 409 g/mol. The van der Waals surface area contributed by atoms with Gasteiger partial charge >= 0.3 is 0 Å². The third kappa shape index (κ3) is 3.55. The minimum atomic E-state index is -0.361. The summed E-state index contributed by atoms with van der Waals surface area (Å²) < 4.78 is 20.3. The van der Waals surface area contributed by atoms with Crippen LogP contribution in [0.4, 0.5) is 9.52 Å². The van der Waals surface area contributed by atoms with Crippen LogP contribution in [0.2, 0.25) is 5.02 Å². The number of anilines is 1. The van der Waals surface area contributed by atoms with Crippen LogP contribution >= 0.6 is 22.9 Å². The highest BCUT2D eigenvalue weighted by Crippen LogP contribution is 2.46. The standard InChI is InChI=1S/C20H25ClFN3OS/c1-19(2)8-12(9-20(3,4)24-19)25(5)18-23-14-10-26-15-7-11(21)6-13(22)16(15)17(14)27-18/h6-7,12,24H,8-10H2,1-5H3. The normalized spacial score (nSPS) is 20.6. The number of nitrogens with one attached hydrogen (secondary N) is 1. The molecule has 0 unspecified atom stereocenters. The fraction of sp³-hybridized carbons (Fsp3) is 0.550. The number of fused-ring (bicyclic) bond motifs is 3. The highest BCUT2D eigenvalue weighted by Gasteiger charge is 2.40. The average Bonchev–Trinajstić information content (AvgIpc) is 2.94. The van der Waals surface area contributed by atoms with E-state index in [1.807, 2.05) is 0 Å². The molecule has 146 valence electrons. The van der Waals surface area contributed by atoms with Crippen LogP contribution in [0.25, 0.3) is 10.4 Å². The molecule has 2 aliphatic heterocycles. The lowest BCUT2D eigenvalue weighted by Crippen LogP contribution is -2.61. The van der Waals surface area contributed by atoms with E-state index >= 15 is 0 Å². The molecule has 0 amide bonds. The van der Waals surface area contributed by atoms with Gasteiger partial charge in [0.25, 0.3) is 0 Å². The minimum Gasteiger partial charge on any atom is -0.486 e. The van der Waals surface area contributed by atoms with Gasteiger partial charge in [0.2, 0.25) is 0 Å². The third-order valence-electron chi connectivity index (χ3n) is 5.31. The van der Waals surface area contributed by atoms with E-state index in [1.165, 1.54) is 17.4 Å². The Morgan fingerprint density at radius 3 is 2.59 bits per heavy atom. The van der Waals surface area contributed by atoms with E-state index in [9.17, 15) is 4.39 Å². The van der Waals surface area contributed by atoms with Crippen LogP contribution < -0.4 is 15.0 Å². The Kier molecular flexibility index (Phi) is 4.44. The van der Waals surface area contributed by atoms with E-state index in [1.54, 1.807) is 6.07 Å². The van der Waals surface area contributed by atoms with Gasteiger partial charge in [-0.2, -0.15) is 0 Å². The maximum absolute atomic E-state index is 14.6. The number of hydrogen-bond donors (Lipinski definition) is 1. The summed E-state index contributed by atoms with van der Waals surface area (Å²) in [5, 5.41) is 4.97. The van der Waals surface area contributed by atoms with Crippen molar-refractivity contribution in [1.82, 2.24) is 10.3 Å². The van der Waals surface area contributed by atoms with E-state index in [2.05, 4.69) is 45.0 Å². The second-order valence-electron chi connectivity index (χ2n) is 8.89. The molecule has 1 fully saturated rings. The van der Waals surface area contributed by atoms with Gasteiger partial charge < -0.3 is 15.0 Å². The summed E-state index contributed by atoms with van der Waals surface area (Å²) in [5.41, 5.74) is 1.37. The summed E-state index contributed by atoms with van der Waals surface area (Å²) in [6.07, 6.45) is 2.04. The molecule has 0 radical (unpaired) electrons. The zero-order chi connectivity index (χ0) is 19.6. The zero-order valence-electron chi connectivity index (χ0n) is 16.3. The Bertz CT molecular complexity index is 880. The molecular formula is C20H25ClFN3OS. The fourth-order valence-electron chi connectivity index (χ4n) is 4.51. The molecule has 1 N–H and O–H groups in total. The van der Waals surface area contributed by atoms with Crippen molar-refractivity contribution in [3.63, 3.8) is 0 Å². The lowest BCUT2D eigenvalue weighted by molar-refractivity contribution is 0.161. The summed E-state index contributed by atoms with van der Waals surface area (Å²) in [6, 6.07) is 3.36. The van der Waals surface area contributed by atoms with Crippen molar-refractivity contribution in [2.75, 3.05) is 11.9 Å². The molecule has 2 aliphatic rings. The predicted octanol–water partition coefficient (Wildman–Crippen LogP) is 5.24. The van der Waals surface area contributed by atoms with Gasteiger partial charge in [0.1, 0.15) is 18.2 Å². The van der Waals surface area contributed by atoms with Crippen LogP contribution in [0.3, 0.4) is 0 Å². The van der Waals surface area contributed by atoms with E-state index in [4.69, 9.17) is 21.3 Å². The van der Waals surface area contributed by atoms with Crippen LogP contribution in [0.5, 0.6) is 5.75 Å². The van der Waals surface area contributed by atoms with Gasteiger partial charge in [-0.15, -0.1) is 0 Å². The van der Waals surface area contributed by atoms with Crippen LogP contribution in [0.15, 0.2) is 12.1 Å². The van der Waals surface area contributed by atoms with E-state index in [0.29, 0.717) is 29.0 Å². The first-order valence-corrected chi connectivity index (χ1v) is 10.4. The summed E-state index contributed by atoms with van der Waals surface area (Å²) in [5.74, 6) is 0.134. The molecule has 1 aromatic carbocycles. The van der Waals surface area contributed by atoms with Crippen molar-refractivity contribution >= 4 is 28.1 Å². The Labute approximate surface area is 168 Å². The maximum atomic E-state index is 14.6. The first-order chi connectivity index (χ1) is 12.5. The third-order valence-corrected chi connectivity index (χ3v) is 6.74. The van der Waals surface area contributed by atoms with Crippen molar-refractivity contribution in [2.24, 2.45) is 0 Å². The van der Waals surface area contributed by atoms with E-state index in [-0.39, 0.29) is 16.9 Å². The number of thiazole rings is 1. The Balaban J connectivity index is 1.68. The van der Waals surface area contributed by atoms with Gasteiger partial charge in [-0.05, 0) is 52.7 Å². The van der Waals surface area contributed by atoms with Crippen molar-refractivity contribution in [1.29, 1.82) is 0 Å². The summed E-state index contributed by atoms with van der Waals surface area (Å²) >= 11 is 7.50. The first-order valence-electron chi connectivity index (χ1n) is 9.19. The molecule has 4 rings (SSSR count). The molecule has 0 bridgehead atoms. The Hall–Kier alpha value is -1.37. The van der Waals surface area contributed by atoms with E-state index < -0.39 is 0 Å². The highest BCUT2D eigenvalue weighted by molar-refractivity contribution is 7.19. The van der Waals surface area contributed by atoms with Crippen molar-refractivity contribution in [3.8, 4) is 16.2 Å². The summed E-state index contributed by atoms with van der Waals surface area (Å²) in [6.45, 7) is 9.31. The molecule has 4 nitrogen and oxygen atoms in total. The Morgan fingerprint density at radius 1 is 1.26 bits per heavy atom. The number of rotatable bonds is 2. The SMILES string of the molecule is CN(c1nc2c(s1)-c1c(F)cc(Cl)cc1OC2)C1CC(C)(C)NC(C)(C)C1. The van der Waals surface area contributed by atoms with Gasteiger partial charge in [-0.25, -0.2) is 9.37 Å². The van der Waals surface area contributed by atoms with Crippen LogP contribution in [-0.4, -0.2) is 29.2 Å². The zero-order valence-corrected chi connectivity index (χ0v) is 17.9. The topological polar surface area (TPSA) is 37.4 Å². The maximum Gasteiger partial charge on any atom is 0.186 e. The molecular weight excluding hydrogens is 385 g/mol. The van der Waals surface area contributed by atoms with E-state index in [0.717, 1.165) is 28.5 Å². The van der Waals surface area contributed by atoms with Gasteiger partial charge in [-0.3, -0.25) is 0 Å². The number of benzene rings is 1. The lowest BCUT2D eigenvalue weighted by Gasteiger charge is -2.48. The largest absolute Gasteiger partial charge is 0.486 e. The highest BCUT2D eigenvalue weighted by atomic mass is 35.5. The summed E-state index contributed by atoms with van der Waals surface area (Å²) in [7, 11) is 2.09. The number of aromatic nitrogens is 1. The smallest absolute Gasteiger partial charge is 0.186 e. The van der Waals surface area contributed by atoms with Gasteiger partial charge in [-0.1, -0.05) is 22.9 Å². The quantitative estimate of drug-likeness (QED) is 0.735. The predicted molar refractivity (Wildman–Crippen MR) is 110 cm³/mol. The number of ether oxygens (including phenoxy) is 1. The molecule has 2 aromatic rings. The van der Waals surface area contributed by atoms with Crippen LogP contribution in [0, 0.1) is 5.82 Å². The fourth-order valence-corrected chi connectivity index (χ4v) is 5.86. The molecule has 7 heteroatoms. The van der Waals surface area contributed by atoms with Crippen LogP contribution in [0.1, 0.15) is 46.2 Å². The van der Waals surface area contributed by atoms with Crippen molar-refractivity contribution in [3.05, 3.63) is 28.7 Å². The van der Waals surface area contributed by atoms with Crippen LogP contribution in [-0.2, 0) is 6.61 Å². The second kappa shape index (κ2) is 6.33. The molecule has 0 spiro atoms. The summed E-state index contributed by atoms with van der Waals surface area (Å²) in [4.78, 5) is 7.88. The van der Waals surface area contributed by atoms with Crippen molar-refractivity contribution < 1.29 is 9.13 Å². The average molecular weight is 410 g/mol. The number of nitrogens with zero attached hydrogens (tertiary/aromatic N) is 2. The molecule has 1 saturated heterocycles. The molecule has 0 saturated carbocycles. The Morgan fingerprint density at radius 2 is 1.93 bits per heavy atom. The lowest BCUT2D eigenvalue weighted by atomic mass is 9.79. The first kappa shape index (κ1) is 19.0. The van der Waals surface area contributed by atoms with Gasteiger partial charge in [0.15, 0.2) is 5.13 Å². The number of piperidine rings is 1. The van der Waals surface area contributed by atoms with Crippen molar-refractivity contribution in [2.45, 2.75) is 64.3 Å². The second-order valence-corrected chi connectivity index (χ2v) is 10.3. The molecule has 1 aromatic heterocycles. The van der Waals surface area contributed by atoms with Gasteiger partial charge in [0.05, 0.1) is 16.1 Å². The molecule has 3 heterocycles. The molecule has 0 atom stereocenters.